The summed E-state index contributed by atoms with van der Waals surface area (Å²) in [5.41, 5.74) is 5.11. The molecule has 0 saturated carbocycles. The molecule has 0 spiro atoms. The molecule has 3 aromatic rings. The molecule has 0 atom stereocenters. The number of benzene rings is 2. The first-order valence-corrected chi connectivity index (χ1v) is 9.09. The summed E-state index contributed by atoms with van der Waals surface area (Å²) in [6, 6.07) is 12.1. The molecule has 13 heteroatoms. The number of carboxylic acids is 2. The number of hydrogen-bond acceptors (Lipinski definition) is 8. The van der Waals surface area contributed by atoms with E-state index in [0.717, 1.165) is 17.7 Å². The fourth-order valence-electron chi connectivity index (χ4n) is 2.14. The van der Waals surface area contributed by atoms with Crippen LogP contribution in [0, 0.1) is 27.2 Å². The lowest BCUT2D eigenvalue weighted by Crippen LogP contribution is -2.10. The maximum atomic E-state index is 10.5. The smallest absolute Gasteiger partial charge is 0.336 e. The highest BCUT2D eigenvalue weighted by Crippen LogP contribution is 2.22. The van der Waals surface area contributed by atoms with Gasteiger partial charge in [-0.2, -0.15) is 0 Å². The third kappa shape index (κ3) is 8.89. The van der Waals surface area contributed by atoms with Gasteiger partial charge in [0.25, 0.3) is 11.4 Å². The second kappa shape index (κ2) is 12.6. The number of rotatable bonds is 5. The van der Waals surface area contributed by atoms with Crippen LogP contribution in [0.5, 0.6) is 0 Å². The topological polar surface area (TPSA) is 217 Å². The molecular weight excluding hydrogens is 452 g/mol. The third-order valence-electron chi connectivity index (χ3n) is 3.83. The van der Waals surface area contributed by atoms with Crippen LogP contribution in [0.15, 0.2) is 67.0 Å². The van der Waals surface area contributed by atoms with Gasteiger partial charge < -0.3 is 15.9 Å². The Hall–Kier alpha value is -5.20. The molecule has 0 aliphatic heterocycles. The van der Waals surface area contributed by atoms with Crippen molar-refractivity contribution < 1.29 is 34.4 Å². The second-order valence-electron chi connectivity index (χ2n) is 6.33. The Morgan fingerprint density at radius 2 is 1.21 bits per heavy atom. The first-order valence-electron chi connectivity index (χ1n) is 9.09. The zero-order chi connectivity index (χ0) is 25.8. The number of carboxylic acid groups (broad SMARTS) is 2. The Balaban J connectivity index is 0.000000266. The van der Waals surface area contributed by atoms with Crippen molar-refractivity contribution in [2.75, 3.05) is 0 Å². The molecule has 2 aromatic carbocycles. The molecule has 3 rings (SSSR count). The average Bonchev–Trinajstić information content (AvgIpc) is 2.80. The second-order valence-corrected chi connectivity index (χ2v) is 6.33. The lowest BCUT2D eigenvalue weighted by Gasteiger charge is -1.96. The minimum Gasteiger partial charge on any atom is -0.478 e. The van der Waals surface area contributed by atoms with Gasteiger partial charge in [0.2, 0.25) is 5.91 Å². The van der Waals surface area contributed by atoms with Crippen LogP contribution in [0.1, 0.15) is 36.6 Å². The van der Waals surface area contributed by atoms with Crippen LogP contribution in [0.2, 0.25) is 0 Å². The number of aryl methyl sites for hydroxylation is 1. The van der Waals surface area contributed by atoms with Gasteiger partial charge in [-0.3, -0.25) is 30.0 Å². The molecular formula is C21H18N4O9. The van der Waals surface area contributed by atoms with Crippen LogP contribution in [-0.2, 0) is 0 Å². The van der Waals surface area contributed by atoms with Crippen LogP contribution in [0.3, 0.4) is 0 Å². The molecule has 4 N–H and O–H groups in total. The van der Waals surface area contributed by atoms with Crippen molar-refractivity contribution in [3.63, 3.8) is 0 Å². The van der Waals surface area contributed by atoms with E-state index in [1.54, 1.807) is 36.4 Å². The minimum atomic E-state index is -1.46. The zero-order valence-corrected chi connectivity index (χ0v) is 17.5. The number of pyridine rings is 1. The van der Waals surface area contributed by atoms with Gasteiger partial charge in [0.15, 0.2) is 0 Å². The fourth-order valence-corrected chi connectivity index (χ4v) is 2.14. The van der Waals surface area contributed by atoms with Gasteiger partial charge in [-0.05, 0) is 31.2 Å². The number of amides is 1. The SMILES string of the molecule is Cc1ccc(C(=O)O)cc1.NC(=O)c1ccncc1.O=C(O)c1cc([N+](=O)[O-])cc([N+](=O)[O-])c1. The van der Waals surface area contributed by atoms with E-state index in [9.17, 15) is 34.6 Å². The number of aromatic carboxylic acids is 2. The molecule has 1 heterocycles. The molecule has 176 valence electrons. The van der Waals surface area contributed by atoms with Crippen LogP contribution in [-0.4, -0.2) is 42.9 Å². The van der Waals surface area contributed by atoms with Crippen molar-refractivity contribution in [2.45, 2.75) is 6.92 Å². The predicted octanol–water partition coefficient (Wildman–Crippen LogP) is 3.07. The molecule has 13 nitrogen and oxygen atoms in total. The van der Waals surface area contributed by atoms with Crippen LogP contribution in [0.4, 0.5) is 11.4 Å². The molecule has 0 unspecified atom stereocenters. The number of nitrogens with zero attached hydrogens (tertiary/aromatic N) is 3. The normalized spacial score (nSPS) is 9.32. The molecule has 0 bridgehead atoms. The van der Waals surface area contributed by atoms with E-state index in [-0.39, 0.29) is 0 Å². The number of nitro benzene ring substituents is 2. The summed E-state index contributed by atoms with van der Waals surface area (Å²) >= 11 is 0. The van der Waals surface area contributed by atoms with Crippen molar-refractivity contribution in [2.24, 2.45) is 5.73 Å². The van der Waals surface area contributed by atoms with Gasteiger partial charge in [-0.15, -0.1) is 0 Å². The van der Waals surface area contributed by atoms with E-state index in [1.807, 2.05) is 6.92 Å². The van der Waals surface area contributed by atoms with Crippen molar-refractivity contribution in [1.29, 1.82) is 0 Å². The molecule has 0 aliphatic rings. The maximum Gasteiger partial charge on any atom is 0.336 e. The Morgan fingerprint density at radius 1 is 0.765 bits per heavy atom. The predicted molar refractivity (Wildman–Crippen MR) is 118 cm³/mol. The first kappa shape index (κ1) is 26.8. The number of carbonyl (C=O) groups is 3. The van der Waals surface area contributed by atoms with E-state index < -0.39 is 44.6 Å². The van der Waals surface area contributed by atoms with E-state index in [0.29, 0.717) is 17.2 Å². The van der Waals surface area contributed by atoms with Gasteiger partial charge in [0.05, 0.1) is 27.0 Å². The summed E-state index contributed by atoms with van der Waals surface area (Å²) in [5, 5.41) is 37.7. The van der Waals surface area contributed by atoms with E-state index in [2.05, 4.69) is 4.98 Å². The van der Waals surface area contributed by atoms with E-state index in [1.165, 1.54) is 12.4 Å². The summed E-state index contributed by atoms with van der Waals surface area (Å²) in [6.07, 6.45) is 3.06. The number of aromatic nitrogens is 1. The first-order chi connectivity index (χ1) is 15.9. The average molecular weight is 470 g/mol. The summed E-state index contributed by atoms with van der Waals surface area (Å²) < 4.78 is 0. The Kier molecular flexibility index (Phi) is 9.95. The number of carbonyl (C=O) groups excluding carboxylic acids is 1. The quantitative estimate of drug-likeness (QED) is 0.365. The lowest BCUT2D eigenvalue weighted by molar-refractivity contribution is -0.394. The molecule has 0 radical (unpaired) electrons. The molecule has 1 aromatic heterocycles. The molecule has 0 saturated heterocycles. The van der Waals surface area contributed by atoms with Gasteiger partial charge in [0, 0.05) is 30.1 Å². The zero-order valence-electron chi connectivity index (χ0n) is 17.5. The maximum absolute atomic E-state index is 10.5. The number of nitro groups is 2. The fraction of sp³-hybridized carbons (Fsp3) is 0.0476. The van der Waals surface area contributed by atoms with Gasteiger partial charge in [0.1, 0.15) is 0 Å². The van der Waals surface area contributed by atoms with Gasteiger partial charge in [-0.25, -0.2) is 9.59 Å². The summed E-state index contributed by atoms with van der Waals surface area (Å²) in [5.74, 6) is -2.75. The number of non-ortho nitro benzene ring substituents is 2. The Morgan fingerprint density at radius 3 is 1.53 bits per heavy atom. The molecule has 0 fully saturated rings. The van der Waals surface area contributed by atoms with Crippen molar-refractivity contribution in [1.82, 2.24) is 4.98 Å². The summed E-state index contributed by atoms with van der Waals surface area (Å²) in [7, 11) is 0. The summed E-state index contributed by atoms with van der Waals surface area (Å²) in [4.78, 5) is 53.8. The Labute approximate surface area is 191 Å². The highest BCUT2D eigenvalue weighted by molar-refractivity contribution is 5.92. The van der Waals surface area contributed by atoms with Gasteiger partial charge in [-0.1, -0.05) is 17.7 Å². The van der Waals surface area contributed by atoms with E-state index in [4.69, 9.17) is 15.9 Å². The lowest BCUT2D eigenvalue weighted by atomic mass is 10.2. The summed E-state index contributed by atoms with van der Waals surface area (Å²) in [6.45, 7) is 1.92. The molecule has 1 amide bonds. The highest BCUT2D eigenvalue weighted by atomic mass is 16.6. The molecule has 0 aliphatic carbocycles. The van der Waals surface area contributed by atoms with E-state index >= 15 is 0 Å². The van der Waals surface area contributed by atoms with Crippen molar-refractivity contribution in [3.05, 3.63) is 109 Å². The Bertz CT molecular complexity index is 1120. The number of nitrogens with two attached hydrogens (primary N) is 1. The van der Waals surface area contributed by atoms with Crippen LogP contribution in [0.25, 0.3) is 0 Å². The van der Waals surface area contributed by atoms with Crippen LogP contribution >= 0.6 is 0 Å². The van der Waals surface area contributed by atoms with Gasteiger partial charge >= 0.3 is 11.9 Å². The standard InChI is InChI=1S/C8H8O2.C7H4N2O6.C6H6N2O/c1-6-2-4-7(5-3-6)8(9)10;10-7(11)4-1-5(8(12)13)3-6(2-4)9(14)15;7-6(9)5-1-3-8-4-2-5/h2-5H,1H3,(H,9,10);1-3H,(H,10,11);1-4H,(H2,7,9). The largest absolute Gasteiger partial charge is 0.478 e. The minimum absolute atomic E-state index is 0.339. The monoisotopic (exact) mass is 470 g/mol. The van der Waals surface area contributed by atoms with Crippen molar-refractivity contribution in [3.8, 4) is 0 Å². The van der Waals surface area contributed by atoms with Crippen molar-refractivity contribution >= 4 is 29.2 Å². The van der Waals surface area contributed by atoms with Crippen LogP contribution < -0.4 is 5.73 Å². The highest BCUT2D eigenvalue weighted by Gasteiger charge is 2.19. The molecule has 34 heavy (non-hydrogen) atoms. The third-order valence-corrected chi connectivity index (χ3v) is 3.83. The number of primary amides is 1. The number of hydrogen-bond donors (Lipinski definition) is 3.